The molecule has 1 aliphatic rings. The van der Waals surface area contributed by atoms with E-state index in [4.69, 9.17) is 0 Å². The van der Waals surface area contributed by atoms with Gasteiger partial charge in [0.25, 0.3) is 0 Å². The summed E-state index contributed by atoms with van der Waals surface area (Å²) in [5.41, 5.74) is 2.37. The van der Waals surface area contributed by atoms with Crippen LogP contribution in [0.1, 0.15) is 23.4 Å². The van der Waals surface area contributed by atoms with Crippen LogP contribution in [0.2, 0.25) is 0 Å². The van der Waals surface area contributed by atoms with Crippen molar-refractivity contribution in [3.8, 4) is 0 Å². The van der Waals surface area contributed by atoms with E-state index >= 15 is 0 Å². The number of amides is 2. The van der Waals surface area contributed by atoms with Crippen LogP contribution in [0.4, 0.5) is 5.69 Å². The highest BCUT2D eigenvalue weighted by atomic mass is 32.1. The minimum absolute atomic E-state index is 0.0268. The van der Waals surface area contributed by atoms with Crippen molar-refractivity contribution in [2.75, 3.05) is 37.6 Å². The van der Waals surface area contributed by atoms with Gasteiger partial charge in [0.2, 0.25) is 0 Å². The molecule has 0 unspecified atom stereocenters. The quantitative estimate of drug-likeness (QED) is 0.489. The summed E-state index contributed by atoms with van der Waals surface area (Å²) in [7, 11) is 0. The molecule has 1 fully saturated rings. The highest BCUT2D eigenvalue weighted by Gasteiger charge is 2.31. The number of hydrogen-bond acceptors (Lipinski definition) is 5. The summed E-state index contributed by atoms with van der Waals surface area (Å²) in [6.07, 6.45) is 0.693. The molecular formula is C27H32N4O2S. The van der Waals surface area contributed by atoms with Crippen LogP contribution in [0, 0.1) is 0 Å². The van der Waals surface area contributed by atoms with Gasteiger partial charge in [0.15, 0.2) is 0 Å². The van der Waals surface area contributed by atoms with E-state index in [0.717, 1.165) is 31.7 Å². The number of para-hydroxylation sites is 1. The van der Waals surface area contributed by atoms with Crippen LogP contribution in [-0.2, 0) is 16.0 Å². The van der Waals surface area contributed by atoms with Gasteiger partial charge in [-0.3, -0.25) is 14.5 Å². The lowest BCUT2D eigenvalue weighted by Gasteiger charge is -2.42. The predicted octanol–water partition coefficient (Wildman–Crippen LogP) is 3.48. The standard InChI is InChI=1S/C27H32N4O2S/c1-21(29-27(33)26(32)28-15-14-22-9-4-2-5-10-22)25(24-13-8-20-34-24)31-18-16-30(17-19-31)23-11-6-3-7-12-23/h2-13,20-21,25H,14-19H2,1H3,(H,28,32)(H,29,33)/t21-,25+/m0/s1. The van der Waals surface area contributed by atoms with Gasteiger partial charge < -0.3 is 15.5 Å². The average Bonchev–Trinajstić information content (AvgIpc) is 3.40. The molecule has 1 saturated heterocycles. The Morgan fingerprint density at radius 2 is 1.56 bits per heavy atom. The number of rotatable bonds is 8. The van der Waals surface area contributed by atoms with E-state index in [1.165, 1.54) is 10.6 Å². The van der Waals surface area contributed by atoms with Crippen LogP contribution in [0.5, 0.6) is 0 Å². The van der Waals surface area contributed by atoms with Gasteiger partial charge in [-0.1, -0.05) is 54.6 Å². The number of benzene rings is 2. The Balaban J connectivity index is 1.33. The lowest BCUT2D eigenvalue weighted by atomic mass is 10.0. The second-order valence-electron chi connectivity index (χ2n) is 8.57. The molecule has 2 aromatic carbocycles. The molecule has 2 amide bonds. The van der Waals surface area contributed by atoms with Crippen molar-refractivity contribution >= 4 is 28.8 Å². The number of hydrogen-bond donors (Lipinski definition) is 2. The monoisotopic (exact) mass is 476 g/mol. The number of piperazine rings is 1. The number of carbonyl (C=O) groups excluding carboxylic acids is 2. The van der Waals surface area contributed by atoms with E-state index in [2.05, 4.69) is 56.1 Å². The van der Waals surface area contributed by atoms with Gasteiger partial charge in [-0.25, -0.2) is 0 Å². The van der Waals surface area contributed by atoms with Gasteiger partial charge in [0.05, 0.1) is 6.04 Å². The Bertz CT molecular complexity index is 1040. The molecule has 0 saturated carbocycles. The van der Waals surface area contributed by atoms with Crippen molar-refractivity contribution in [3.63, 3.8) is 0 Å². The van der Waals surface area contributed by atoms with Gasteiger partial charge in [-0.05, 0) is 42.5 Å². The fourth-order valence-corrected chi connectivity index (χ4v) is 5.46. The number of thiophene rings is 1. The molecule has 1 aliphatic heterocycles. The lowest BCUT2D eigenvalue weighted by molar-refractivity contribution is -0.139. The Morgan fingerprint density at radius 1 is 0.882 bits per heavy atom. The zero-order valence-electron chi connectivity index (χ0n) is 19.5. The van der Waals surface area contributed by atoms with Crippen LogP contribution < -0.4 is 15.5 Å². The average molecular weight is 477 g/mol. The molecule has 4 rings (SSSR count). The summed E-state index contributed by atoms with van der Waals surface area (Å²) in [5.74, 6) is -1.16. The first-order valence-electron chi connectivity index (χ1n) is 11.8. The van der Waals surface area contributed by atoms with Crippen LogP contribution in [-0.4, -0.2) is 55.5 Å². The van der Waals surface area contributed by atoms with E-state index in [9.17, 15) is 9.59 Å². The highest BCUT2D eigenvalue weighted by molar-refractivity contribution is 7.10. The van der Waals surface area contributed by atoms with Crippen molar-refractivity contribution in [1.82, 2.24) is 15.5 Å². The number of nitrogens with zero attached hydrogens (tertiary/aromatic N) is 2. The lowest BCUT2D eigenvalue weighted by Crippen LogP contribution is -2.53. The Kier molecular flexibility index (Phi) is 8.33. The SMILES string of the molecule is C[C@H](NC(=O)C(=O)NCCc1ccccc1)[C@H](c1cccs1)N1CCN(c2ccccc2)CC1. The maximum atomic E-state index is 12.6. The Morgan fingerprint density at radius 3 is 2.21 bits per heavy atom. The maximum Gasteiger partial charge on any atom is 0.309 e. The molecule has 6 nitrogen and oxygen atoms in total. The van der Waals surface area contributed by atoms with Crippen LogP contribution in [0.3, 0.4) is 0 Å². The summed E-state index contributed by atoms with van der Waals surface area (Å²) in [4.78, 5) is 31.1. The first-order chi connectivity index (χ1) is 16.6. The van der Waals surface area contributed by atoms with E-state index in [0.29, 0.717) is 13.0 Å². The molecule has 0 aliphatic carbocycles. The zero-order chi connectivity index (χ0) is 23.8. The number of anilines is 1. The molecule has 178 valence electrons. The molecule has 2 heterocycles. The summed E-state index contributed by atoms with van der Waals surface area (Å²) in [6, 6.07) is 24.4. The second-order valence-corrected chi connectivity index (χ2v) is 9.55. The summed E-state index contributed by atoms with van der Waals surface area (Å²) >= 11 is 1.69. The van der Waals surface area contributed by atoms with Crippen molar-refractivity contribution < 1.29 is 9.59 Å². The minimum atomic E-state index is -0.582. The topological polar surface area (TPSA) is 64.7 Å². The smallest absolute Gasteiger partial charge is 0.309 e. The third-order valence-corrected chi connectivity index (χ3v) is 7.19. The molecule has 0 radical (unpaired) electrons. The second kappa shape index (κ2) is 11.8. The van der Waals surface area contributed by atoms with Crippen LogP contribution >= 0.6 is 11.3 Å². The molecule has 1 aromatic heterocycles. The van der Waals surface area contributed by atoms with Crippen LogP contribution in [0.15, 0.2) is 78.2 Å². The minimum Gasteiger partial charge on any atom is -0.369 e. The third kappa shape index (κ3) is 6.24. The van der Waals surface area contributed by atoms with E-state index < -0.39 is 11.8 Å². The van der Waals surface area contributed by atoms with Crippen molar-refractivity contribution in [2.45, 2.75) is 25.4 Å². The molecule has 7 heteroatoms. The summed E-state index contributed by atoms with van der Waals surface area (Å²) in [5, 5.41) is 7.77. The van der Waals surface area contributed by atoms with Crippen molar-refractivity contribution in [3.05, 3.63) is 88.6 Å². The molecule has 2 N–H and O–H groups in total. The fourth-order valence-electron chi connectivity index (χ4n) is 4.50. The predicted molar refractivity (Wildman–Crippen MR) is 138 cm³/mol. The summed E-state index contributed by atoms with van der Waals surface area (Å²) < 4.78 is 0. The third-order valence-electron chi connectivity index (χ3n) is 6.24. The van der Waals surface area contributed by atoms with E-state index in [1.807, 2.05) is 49.4 Å². The number of nitrogens with one attached hydrogen (secondary N) is 2. The molecular weight excluding hydrogens is 444 g/mol. The summed E-state index contributed by atoms with van der Waals surface area (Å²) in [6.45, 7) is 6.05. The molecule has 3 aromatic rings. The Hall–Kier alpha value is -3.16. The molecule has 34 heavy (non-hydrogen) atoms. The largest absolute Gasteiger partial charge is 0.369 e. The maximum absolute atomic E-state index is 12.6. The van der Waals surface area contributed by atoms with Gasteiger partial charge >= 0.3 is 11.8 Å². The van der Waals surface area contributed by atoms with Gasteiger partial charge in [-0.15, -0.1) is 11.3 Å². The highest BCUT2D eigenvalue weighted by Crippen LogP contribution is 2.30. The first-order valence-corrected chi connectivity index (χ1v) is 12.7. The fraction of sp³-hybridized carbons (Fsp3) is 0.333. The van der Waals surface area contributed by atoms with E-state index in [1.54, 1.807) is 11.3 Å². The normalized spacial score (nSPS) is 16.0. The molecule has 0 spiro atoms. The molecule has 0 bridgehead atoms. The van der Waals surface area contributed by atoms with Crippen molar-refractivity contribution in [2.24, 2.45) is 0 Å². The van der Waals surface area contributed by atoms with Gasteiger partial charge in [0.1, 0.15) is 0 Å². The molecule has 2 atom stereocenters. The first kappa shape index (κ1) is 24.0. The number of carbonyl (C=O) groups is 2. The van der Waals surface area contributed by atoms with Gasteiger partial charge in [0, 0.05) is 49.3 Å². The van der Waals surface area contributed by atoms with Crippen molar-refractivity contribution in [1.29, 1.82) is 0 Å². The van der Waals surface area contributed by atoms with E-state index in [-0.39, 0.29) is 12.1 Å². The zero-order valence-corrected chi connectivity index (χ0v) is 20.3. The Labute approximate surface area is 205 Å². The van der Waals surface area contributed by atoms with Gasteiger partial charge in [-0.2, -0.15) is 0 Å². The van der Waals surface area contributed by atoms with Crippen LogP contribution in [0.25, 0.3) is 0 Å².